The summed E-state index contributed by atoms with van der Waals surface area (Å²) in [6.07, 6.45) is 0.894. The van der Waals surface area contributed by atoms with Gasteiger partial charge in [-0.25, -0.2) is 4.98 Å². The van der Waals surface area contributed by atoms with E-state index in [0.717, 1.165) is 33.0 Å². The maximum Gasteiger partial charge on any atom is 0.416 e. The van der Waals surface area contributed by atoms with Crippen molar-refractivity contribution in [2.45, 2.75) is 65.2 Å². The number of carboxylic acid groups (broad SMARTS) is 1. The van der Waals surface area contributed by atoms with E-state index in [4.69, 9.17) is 0 Å². The molecular formula is C36H41F4N5O4. The number of hydrogen-bond acceptors (Lipinski definition) is 5. The van der Waals surface area contributed by atoms with Gasteiger partial charge in [-0.3, -0.25) is 18.8 Å². The minimum Gasteiger partial charge on any atom is -0.481 e. The second-order valence-corrected chi connectivity index (χ2v) is 13.4. The Hall–Kier alpha value is -4.52. The molecule has 262 valence electrons. The molecule has 1 fully saturated rings. The fraction of sp³-hybridized carbons (Fsp3) is 0.444. The molecule has 0 radical (unpaired) electrons. The molecule has 1 saturated heterocycles. The molecule has 2 N–H and O–H groups in total. The van der Waals surface area contributed by atoms with Crippen LogP contribution in [0.1, 0.15) is 66.6 Å². The molecular weight excluding hydrogens is 642 g/mol. The lowest BCUT2D eigenvalue weighted by Crippen LogP contribution is -2.48. The van der Waals surface area contributed by atoms with Crippen LogP contribution in [0.3, 0.4) is 0 Å². The van der Waals surface area contributed by atoms with Crippen molar-refractivity contribution in [3.05, 3.63) is 93.3 Å². The highest BCUT2D eigenvalue weighted by Gasteiger charge is 2.36. The zero-order valence-electron chi connectivity index (χ0n) is 27.9. The molecule has 1 aromatic carbocycles. The molecule has 13 heteroatoms. The highest BCUT2D eigenvalue weighted by molar-refractivity contribution is 5.84. The van der Waals surface area contributed by atoms with E-state index in [1.54, 1.807) is 29.1 Å². The Kier molecular flexibility index (Phi) is 10.6. The number of imidazole rings is 1. The number of likely N-dealkylation sites (tertiary alicyclic amines) is 1. The number of nitrogens with zero attached hydrogens (tertiary/aromatic N) is 4. The highest BCUT2D eigenvalue weighted by Crippen LogP contribution is 2.35. The van der Waals surface area contributed by atoms with Crippen molar-refractivity contribution < 1.29 is 32.3 Å². The molecule has 0 unspecified atom stereocenters. The third-order valence-corrected chi connectivity index (χ3v) is 9.11. The average molecular weight is 684 g/mol. The maximum absolute atomic E-state index is 14.1. The summed E-state index contributed by atoms with van der Waals surface area (Å²) in [6, 6.07) is 5.91. The van der Waals surface area contributed by atoms with E-state index in [-0.39, 0.29) is 36.8 Å². The number of carbonyl (C=O) groups excluding carboxylic acids is 1. The van der Waals surface area contributed by atoms with Gasteiger partial charge in [0, 0.05) is 62.0 Å². The van der Waals surface area contributed by atoms with E-state index in [9.17, 15) is 37.1 Å². The molecule has 0 bridgehead atoms. The van der Waals surface area contributed by atoms with Crippen LogP contribution in [-0.2, 0) is 22.2 Å². The first-order chi connectivity index (χ1) is 23.2. The van der Waals surface area contributed by atoms with Crippen molar-refractivity contribution in [1.82, 2.24) is 24.2 Å². The molecule has 2 atom stereocenters. The predicted molar refractivity (Wildman–Crippen MR) is 177 cm³/mol. The van der Waals surface area contributed by atoms with Crippen LogP contribution in [0.4, 0.5) is 17.6 Å². The Morgan fingerprint density at radius 3 is 2.41 bits per heavy atom. The first-order valence-electron chi connectivity index (χ1n) is 16.3. The number of aryl methyl sites for hydroxylation is 2. The molecule has 0 spiro atoms. The number of nitrogens with one attached hydrogen (secondary N) is 1. The van der Waals surface area contributed by atoms with Gasteiger partial charge in [0.05, 0.1) is 24.7 Å². The number of carboxylic acids is 1. The van der Waals surface area contributed by atoms with Crippen LogP contribution < -0.4 is 10.9 Å². The molecule has 1 aliphatic heterocycles. The number of amides is 1. The smallest absolute Gasteiger partial charge is 0.416 e. The van der Waals surface area contributed by atoms with Gasteiger partial charge in [0.15, 0.2) is 0 Å². The van der Waals surface area contributed by atoms with Gasteiger partial charge < -0.3 is 24.3 Å². The van der Waals surface area contributed by atoms with E-state index >= 15 is 0 Å². The van der Waals surface area contributed by atoms with Crippen molar-refractivity contribution >= 4 is 17.5 Å². The monoisotopic (exact) mass is 683 g/mol. The minimum absolute atomic E-state index is 0.0577. The number of alkyl halides is 4. The topological polar surface area (TPSA) is 109 Å². The standard InChI is InChI=1S/C36H41F4N5O4/c1-21(2)12-30(45-20-25(8-10-43-17-24(16-37)18-43)28(14-31(45)46)36(38,39)40)35(49)42-29(15-32(47)48)26-13-27(34-41-9-11-44(34)19-26)33-22(3)6-5-7-23(33)4/h5-7,9,11,13-14,19-21,24,29-30H,8,10,12,15-18H2,1-4H3,(H,42,49)(H,47,48)/t29-,30-/m1/s1. The maximum atomic E-state index is 14.1. The number of aromatic nitrogens is 3. The highest BCUT2D eigenvalue weighted by atomic mass is 19.4. The minimum atomic E-state index is -4.80. The molecule has 0 aliphatic carbocycles. The van der Waals surface area contributed by atoms with E-state index < -0.39 is 54.4 Å². The number of rotatable bonds is 13. The lowest BCUT2D eigenvalue weighted by atomic mass is 9.93. The Morgan fingerprint density at radius 1 is 1.10 bits per heavy atom. The predicted octanol–water partition coefficient (Wildman–Crippen LogP) is 6.16. The lowest BCUT2D eigenvalue weighted by molar-refractivity contribution is -0.139. The lowest BCUT2D eigenvalue weighted by Gasteiger charge is -2.38. The Labute approximate surface area is 281 Å². The first kappa shape index (κ1) is 35.8. The van der Waals surface area contributed by atoms with Crippen LogP contribution in [0.5, 0.6) is 0 Å². The third-order valence-electron chi connectivity index (χ3n) is 9.11. The molecule has 4 heterocycles. The zero-order chi connectivity index (χ0) is 35.6. The van der Waals surface area contributed by atoms with Gasteiger partial charge in [0.2, 0.25) is 5.91 Å². The number of carbonyl (C=O) groups is 2. The summed E-state index contributed by atoms with van der Waals surface area (Å²) in [7, 11) is 0. The van der Waals surface area contributed by atoms with Gasteiger partial charge in [-0.2, -0.15) is 13.2 Å². The van der Waals surface area contributed by atoms with Crippen molar-refractivity contribution in [2.24, 2.45) is 11.8 Å². The number of benzene rings is 1. The normalized spacial score (nSPS) is 15.4. The zero-order valence-corrected chi connectivity index (χ0v) is 27.9. The van der Waals surface area contributed by atoms with Crippen molar-refractivity contribution in [2.75, 3.05) is 26.3 Å². The Morgan fingerprint density at radius 2 is 1.80 bits per heavy atom. The molecule has 1 aliphatic rings. The summed E-state index contributed by atoms with van der Waals surface area (Å²) >= 11 is 0. The number of halogens is 4. The summed E-state index contributed by atoms with van der Waals surface area (Å²) in [6.45, 7) is 8.18. The van der Waals surface area contributed by atoms with Crippen LogP contribution in [0.2, 0.25) is 0 Å². The molecule has 9 nitrogen and oxygen atoms in total. The van der Waals surface area contributed by atoms with Crippen LogP contribution in [0.15, 0.2) is 59.9 Å². The molecule has 1 amide bonds. The van der Waals surface area contributed by atoms with E-state index in [1.807, 2.05) is 50.8 Å². The summed E-state index contributed by atoms with van der Waals surface area (Å²) in [4.78, 5) is 45.9. The SMILES string of the molecule is Cc1cccc(C)c1-c1cc([C@@H](CC(=O)O)NC(=O)[C@@H](CC(C)C)n2cc(CCN3CC(CF)C3)c(C(F)(F)F)cc2=O)cn2ccnc12. The summed E-state index contributed by atoms with van der Waals surface area (Å²) in [5.74, 6) is -2.16. The number of aliphatic carboxylic acids is 1. The van der Waals surface area contributed by atoms with Gasteiger partial charge in [0.25, 0.3) is 5.56 Å². The summed E-state index contributed by atoms with van der Waals surface area (Å²) in [5.41, 5.74) is 2.51. The average Bonchev–Trinajstić information content (AvgIpc) is 3.47. The number of hydrogen-bond donors (Lipinski definition) is 2. The van der Waals surface area contributed by atoms with Crippen molar-refractivity contribution in [3.8, 4) is 11.1 Å². The van der Waals surface area contributed by atoms with Crippen LogP contribution in [0, 0.1) is 25.7 Å². The fourth-order valence-electron chi connectivity index (χ4n) is 6.69. The summed E-state index contributed by atoms with van der Waals surface area (Å²) in [5, 5.41) is 12.7. The molecule has 0 saturated carbocycles. The van der Waals surface area contributed by atoms with Gasteiger partial charge in [-0.05, 0) is 66.5 Å². The van der Waals surface area contributed by atoms with Crippen molar-refractivity contribution in [1.29, 1.82) is 0 Å². The molecule has 5 rings (SSSR count). The van der Waals surface area contributed by atoms with Crippen LogP contribution in [0.25, 0.3) is 16.8 Å². The van der Waals surface area contributed by atoms with Gasteiger partial charge in [0.1, 0.15) is 11.7 Å². The Bertz CT molecular complexity index is 1870. The quantitative estimate of drug-likeness (QED) is 0.164. The van der Waals surface area contributed by atoms with E-state index in [2.05, 4.69) is 10.3 Å². The van der Waals surface area contributed by atoms with E-state index in [1.165, 1.54) is 0 Å². The second kappa shape index (κ2) is 14.5. The largest absolute Gasteiger partial charge is 0.481 e. The molecule has 49 heavy (non-hydrogen) atoms. The Balaban J connectivity index is 1.53. The van der Waals surface area contributed by atoms with Crippen LogP contribution >= 0.6 is 0 Å². The van der Waals surface area contributed by atoms with Crippen molar-refractivity contribution in [3.63, 3.8) is 0 Å². The van der Waals surface area contributed by atoms with Gasteiger partial charge in [-0.1, -0.05) is 32.0 Å². The second-order valence-electron chi connectivity index (χ2n) is 13.4. The third kappa shape index (κ3) is 8.04. The molecule has 4 aromatic rings. The van der Waals surface area contributed by atoms with Gasteiger partial charge in [-0.15, -0.1) is 0 Å². The number of fused-ring (bicyclic) bond motifs is 1. The van der Waals surface area contributed by atoms with Crippen LogP contribution in [-0.4, -0.2) is 62.1 Å². The first-order valence-corrected chi connectivity index (χ1v) is 16.3. The fourth-order valence-corrected chi connectivity index (χ4v) is 6.69. The molecule has 3 aromatic heterocycles. The number of pyridine rings is 2. The van der Waals surface area contributed by atoms with E-state index in [0.29, 0.717) is 30.4 Å². The van der Waals surface area contributed by atoms with Gasteiger partial charge >= 0.3 is 12.1 Å². The summed E-state index contributed by atoms with van der Waals surface area (Å²) < 4.78 is 58.0.